The molecule has 0 aromatic heterocycles. The second-order valence-electron chi connectivity index (χ2n) is 4.68. The van der Waals surface area contributed by atoms with Crippen molar-refractivity contribution in [1.82, 2.24) is 10.7 Å². The van der Waals surface area contributed by atoms with Gasteiger partial charge in [-0.1, -0.05) is 20.3 Å². The first-order chi connectivity index (χ1) is 6.80. The van der Waals surface area contributed by atoms with Gasteiger partial charge in [0.1, 0.15) is 5.60 Å². The molecular weight excluding hydrogens is 194 g/mol. The van der Waals surface area contributed by atoms with Gasteiger partial charge in [0.05, 0.1) is 6.17 Å². The van der Waals surface area contributed by atoms with E-state index in [0.717, 1.165) is 6.42 Å². The summed E-state index contributed by atoms with van der Waals surface area (Å²) in [5.74, 6) is 5.59. The van der Waals surface area contributed by atoms with Crippen LogP contribution in [0.2, 0.25) is 0 Å². The van der Waals surface area contributed by atoms with Crippen LogP contribution in [0, 0.1) is 5.92 Å². The zero-order valence-electron chi connectivity index (χ0n) is 10.3. The minimum atomic E-state index is -0.487. The number of nitrogens with one attached hydrogen (secondary N) is 2. The summed E-state index contributed by atoms with van der Waals surface area (Å²) in [6, 6.07) is 0. The molecule has 4 N–H and O–H groups in total. The maximum Gasteiger partial charge on any atom is 0.408 e. The quantitative estimate of drug-likeness (QED) is 0.377. The first kappa shape index (κ1) is 14.2. The smallest absolute Gasteiger partial charge is 0.408 e. The van der Waals surface area contributed by atoms with Crippen LogP contribution >= 0.6 is 0 Å². The summed E-state index contributed by atoms with van der Waals surface area (Å²) in [4.78, 5) is 11.4. The molecule has 0 aliphatic carbocycles. The number of hydrazine groups is 1. The fraction of sp³-hybridized carbons (Fsp3) is 0.900. The lowest BCUT2D eigenvalue weighted by molar-refractivity contribution is 0.0473. The van der Waals surface area contributed by atoms with Crippen molar-refractivity contribution < 1.29 is 9.53 Å². The lowest BCUT2D eigenvalue weighted by Gasteiger charge is -2.26. The summed E-state index contributed by atoms with van der Waals surface area (Å²) in [7, 11) is 0. The zero-order chi connectivity index (χ0) is 12.1. The molecule has 1 amide bonds. The first-order valence-corrected chi connectivity index (χ1v) is 5.25. The molecule has 0 fully saturated rings. The number of carbonyl (C=O) groups excluding carboxylic acids is 1. The third kappa shape index (κ3) is 6.30. The number of hydrogen-bond donors (Lipinski definition) is 3. The van der Waals surface area contributed by atoms with E-state index in [1.807, 2.05) is 34.6 Å². The highest BCUT2D eigenvalue weighted by molar-refractivity contribution is 5.68. The number of amides is 1. The van der Waals surface area contributed by atoms with Crippen LogP contribution in [0.4, 0.5) is 4.79 Å². The van der Waals surface area contributed by atoms with Crippen LogP contribution < -0.4 is 16.6 Å². The van der Waals surface area contributed by atoms with E-state index >= 15 is 0 Å². The van der Waals surface area contributed by atoms with E-state index in [2.05, 4.69) is 10.7 Å². The second kappa shape index (κ2) is 5.92. The molecule has 0 bridgehead atoms. The van der Waals surface area contributed by atoms with E-state index in [0.29, 0.717) is 0 Å². The molecule has 0 radical (unpaired) electrons. The predicted octanol–water partition coefficient (Wildman–Crippen LogP) is 1.35. The van der Waals surface area contributed by atoms with Crippen LogP contribution in [-0.4, -0.2) is 17.9 Å². The molecule has 0 saturated heterocycles. The molecule has 5 heteroatoms. The van der Waals surface area contributed by atoms with E-state index in [1.54, 1.807) is 0 Å². The van der Waals surface area contributed by atoms with Crippen molar-refractivity contribution in [3.8, 4) is 0 Å². The van der Waals surface area contributed by atoms with Crippen molar-refractivity contribution in [3.05, 3.63) is 0 Å². The van der Waals surface area contributed by atoms with Crippen molar-refractivity contribution in [2.24, 2.45) is 11.8 Å². The minimum absolute atomic E-state index is 0.252. The van der Waals surface area contributed by atoms with Crippen LogP contribution in [0.15, 0.2) is 0 Å². The van der Waals surface area contributed by atoms with Crippen molar-refractivity contribution in [2.45, 2.75) is 52.8 Å². The van der Waals surface area contributed by atoms with Crippen LogP contribution in [0.3, 0.4) is 0 Å². The summed E-state index contributed by atoms with van der Waals surface area (Å²) in [6.07, 6.45) is 0.209. The van der Waals surface area contributed by atoms with Crippen molar-refractivity contribution in [3.63, 3.8) is 0 Å². The van der Waals surface area contributed by atoms with E-state index in [9.17, 15) is 4.79 Å². The molecule has 15 heavy (non-hydrogen) atoms. The van der Waals surface area contributed by atoms with Gasteiger partial charge in [0.2, 0.25) is 0 Å². The topological polar surface area (TPSA) is 76.4 Å². The van der Waals surface area contributed by atoms with Gasteiger partial charge in [-0.2, -0.15) is 0 Å². The number of ether oxygens (including phenoxy) is 1. The summed E-state index contributed by atoms with van der Waals surface area (Å²) in [6.45, 7) is 9.50. The third-order valence-corrected chi connectivity index (χ3v) is 2.06. The Balaban J connectivity index is 4.13. The van der Waals surface area contributed by atoms with Gasteiger partial charge in [0.15, 0.2) is 0 Å². The Labute approximate surface area is 91.7 Å². The fourth-order valence-corrected chi connectivity index (χ4v) is 1.02. The molecule has 2 atom stereocenters. The SMILES string of the molecule is CC[C@@H](C)C(NN)NC(=O)OC(C)(C)C. The largest absolute Gasteiger partial charge is 0.444 e. The number of carbonyl (C=O) groups is 1. The Morgan fingerprint density at radius 2 is 2.00 bits per heavy atom. The van der Waals surface area contributed by atoms with E-state index < -0.39 is 11.7 Å². The average molecular weight is 217 g/mol. The highest BCUT2D eigenvalue weighted by Gasteiger charge is 2.21. The first-order valence-electron chi connectivity index (χ1n) is 5.25. The van der Waals surface area contributed by atoms with E-state index in [4.69, 9.17) is 10.6 Å². The maximum atomic E-state index is 11.4. The fourth-order valence-electron chi connectivity index (χ4n) is 1.02. The average Bonchev–Trinajstić information content (AvgIpc) is 2.10. The normalized spacial score (nSPS) is 15.6. The summed E-state index contributed by atoms with van der Waals surface area (Å²) in [5.41, 5.74) is 2.07. The molecule has 0 saturated carbocycles. The number of alkyl carbamates (subject to hydrolysis) is 1. The zero-order valence-corrected chi connectivity index (χ0v) is 10.3. The molecule has 0 aliphatic rings. The number of rotatable bonds is 4. The van der Waals surface area contributed by atoms with Crippen molar-refractivity contribution in [2.75, 3.05) is 0 Å². The minimum Gasteiger partial charge on any atom is -0.444 e. The summed E-state index contributed by atoms with van der Waals surface area (Å²) < 4.78 is 5.12. The van der Waals surface area contributed by atoms with Gasteiger partial charge in [-0.25, -0.2) is 10.2 Å². The predicted molar refractivity (Wildman–Crippen MR) is 59.9 cm³/mol. The number of hydrogen-bond acceptors (Lipinski definition) is 4. The Morgan fingerprint density at radius 3 is 2.33 bits per heavy atom. The Morgan fingerprint density at radius 1 is 1.47 bits per heavy atom. The molecule has 0 heterocycles. The summed E-state index contributed by atoms with van der Waals surface area (Å²) in [5, 5.41) is 2.68. The summed E-state index contributed by atoms with van der Waals surface area (Å²) >= 11 is 0. The lowest BCUT2D eigenvalue weighted by atomic mass is 10.1. The van der Waals surface area contributed by atoms with Crippen LogP contribution in [-0.2, 0) is 4.74 Å². The van der Waals surface area contributed by atoms with Gasteiger partial charge < -0.3 is 10.1 Å². The van der Waals surface area contributed by atoms with Gasteiger partial charge >= 0.3 is 6.09 Å². The lowest BCUT2D eigenvalue weighted by Crippen LogP contribution is -2.53. The van der Waals surface area contributed by atoms with Crippen LogP contribution in [0.1, 0.15) is 41.0 Å². The molecule has 0 spiro atoms. The standard InChI is InChI=1S/C10H23N3O2/c1-6-7(2)8(13-11)12-9(14)15-10(3,4)5/h7-8,13H,6,11H2,1-5H3,(H,12,14)/t7-,8?/m1/s1. The maximum absolute atomic E-state index is 11.4. The Kier molecular flexibility index (Phi) is 5.60. The van der Waals surface area contributed by atoms with E-state index in [1.165, 1.54) is 0 Å². The molecule has 0 rings (SSSR count). The molecule has 90 valence electrons. The highest BCUT2D eigenvalue weighted by Crippen LogP contribution is 2.08. The molecule has 0 aromatic carbocycles. The van der Waals surface area contributed by atoms with Crippen LogP contribution in [0.5, 0.6) is 0 Å². The highest BCUT2D eigenvalue weighted by atomic mass is 16.6. The number of nitrogens with two attached hydrogens (primary N) is 1. The van der Waals surface area contributed by atoms with Crippen molar-refractivity contribution >= 4 is 6.09 Å². The Hall–Kier alpha value is -0.810. The Bertz CT molecular complexity index is 201. The van der Waals surface area contributed by atoms with Gasteiger partial charge in [0, 0.05) is 0 Å². The van der Waals surface area contributed by atoms with Crippen molar-refractivity contribution in [1.29, 1.82) is 0 Å². The second-order valence-corrected chi connectivity index (χ2v) is 4.68. The monoisotopic (exact) mass is 217 g/mol. The van der Waals surface area contributed by atoms with Crippen LogP contribution in [0.25, 0.3) is 0 Å². The molecular formula is C10H23N3O2. The van der Waals surface area contributed by atoms with Gasteiger partial charge in [-0.05, 0) is 26.7 Å². The molecule has 0 aliphatic heterocycles. The molecule has 5 nitrogen and oxygen atoms in total. The van der Waals surface area contributed by atoms with E-state index in [-0.39, 0.29) is 12.1 Å². The third-order valence-electron chi connectivity index (χ3n) is 2.06. The van der Waals surface area contributed by atoms with Gasteiger partial charge in [-0.3, -0.25) is 5.84 Å². The van der Waals surface area contributed by atoms with Gasteiger partial charge in [0.25, 0.3) is 0 Å². The van der Waals surface area contributed by atoms with Gasteiger partial charge in [-0.15, -0.1) is 0 Å². The molecule has 0 aromatic rings. The molecule has 1 unspecified atom stereocenters.